The third-order valence-corrected chi connectivity index (χ3v) is 3.32. The Kier molecular flexibility index (Phi) is 3.97. The maximum atomic E-state index is 9.32. The first-order valence-electron chi connectivity index (χ1n) is 6.23. The van der Waals surface area contributed by atoms with Crippen molar-refractivity contribution in [2.24, 2.45) is 0 Å². The van der Waals surface area contributed by atoms with Crippen LogP contribution in [0.2, 0.25) is 0 Å². The normalized spacial score (nSPS) is 19.6. The molecule has 0 aromatic heterocycles. The fraction of sp³-hybridized carbons (Fsp3) is 0.571. The lowest BCUT2D eigenvalue weighted by atomic mass is 9.89. The molecule has 2 N–H and O–H groups in total. The highest BCUT2D eigenvalue weighted by Gasteiger charge is 2.14. The zero-order chi connectivity index (χ0) is 11.4. The average Bonchev–Trinajstić information content (AvgIpc) is 2.30. The zero-order valence-corrected chi connectivity index (χ0v) is 9.95. The van der Waals surface area contributed by atoms with Gasteiger partial charge in [0.05, 0.1) is 6.10 Å². The second-order valence-corrected chi connectivity index (χ2v) is 4.82. The molecule has 0 spiro atoms. The highest BCUT2D eigenvalue weighted by atomic mass is 16.3. The minimum atomic E-state index is -0.246. The van der Waals surface area contributed by atoms with E-state index in [4.69, 9.17) is 0 Å². The molecule has 88 valence electrons. The van der Waals surface area contributed by atoms with Gasteiger partial charge in [-0.05, 0) is 56.3 Å². The fourth-order valence-electron chi connectivity index (χ4n) is 2.42. The molecular weight excluding hydrogens is 198 g/mol. The standard InChI is InChI=1S/C14H21NO/c1-11(16)10-12-2-4-13(5-3-12)14-6-8-15-9-7-14/h2-5,11,14-16H,6-10H2,1H3. The van der Waals surface area contributed by atoms with Gasteiger partial charge in [-0.3, -0.25) is 0 Å². The summed E-state index contributed by atoms with van der Waals surface area (Å²) in [6.45, 7) is 4.11. The lowest BCUT2D eigenvalue weighted by molar-refractivity contribution is 0.195. The van der Waals surface area contributed by atoms with Crippen molar-refractivity contribution in [3.05, 3.63) is 35.4 Å². The van der Waals surface area contributed by atoms with Crippen LogP contribution in [-0.2, 0) is 6.42 Å². The molecule has 2 heteroatoms. The van der Waals surface area contributed by atoms with E-state index in [1.807, 2.05) is 6.92 Å². The van der Waals surface area contributed by atoms with Crippen LogP contribution in [0.5, 0.6) is 0 Å². The minimum absolute atomic E-state index is 0.246. The van der Waals surface area contributed by atoms with Gasteiger partial charge in [0, 0.05) is 0 Å². The first kappa shape index (κ1) is 11.6. The molecule has 0 radical (unpaired) electrons. The van der Waals surface area contributed by atoms with E-state index in [2.05, 4.69) is 29.6 Å². The number of aliphatic hydroxyl groups excluding tert-OH is 1. The molecular formula is C14H21NO. The van der Waals surface area contributed by atoms with Gasteiger partial charge >= 0.3 is 0 Å². The van der Waals surface area contributed by atoms with E-state index in [9.17, 15) is 5.11 Å². The predicted octanol–water partition coefficient (Wildman–Crippen LogP) is 2.08. The van der Waals surface area contributed by atoms with Crippen molar-refractivity contribution in [3.63, 3.8) is 0 Å². The van der Waals surface area contributed by atoms with Gasteiger partial charge in [0.2, 0.25) is 0 Å². The van der Waals surface area contributed by atoms with Crippen LogP contribution in [0.25, 0.3) is 0 Å². The first-order chi connectivity index (χ1) is 7.75. The van der Waals surface area contributed by atoms with Gasteiger partial charge in [-0.2, -0.15) is 0 Å². The summed E-state index contributed by atoms with van der Waals surface area (Å²) in [6.07, 6.45) is 3.00. The lowest BCUT2D eigenvalue weighted by Crippen LogP contribution is -2.26. The summed E-state index contributed by atoms with van der Waals surface area (Å²) in [5.74, 6) is 0.724. The molecule has 1 unspecified atom stereocenters. The summed E-state index contributed by atoms with van der Waals surface area (Å²) < 4.78 is 0. The van der Waals surface area contributed by atoms with Crippen LogP contribution in [0.3, 0.4) is 0 Å². The van der Waals surface area contributed by atoms with Gasteiger partial charge in [-0.25, -0.2) is 0 Å². The van der Waals surface area contributed by atoms with Gasteiger partial charge in [-0.15, -0.1) is 0 Å². The van der Waals surface area contributed by atoms with Crippen molar-refractivity contribution < 1.29 is 5.11 Å². The van der Waals surface area contributed by atoms with E-state index in [0.717, 1.165) is 25.4 Å². The molecule has 2 nitrogen and oxygen atoms in total. The molecule has 0 saturated carbocycles. The number of hydrogen-bond donors (Lipinski definition) is 2. The largest absolute Gasteiger partial charge is 0.393 e. The summed E-state index contributed by atoms with van der Waals surface area (Å²) in [7, 11) is 0. The molecule has 0 bridgehead atoms. The fourth-order valence-corrected chi connectivity index (χ4v) is 2.42. The predicted molar refractivity (Wildman–Crippen MR) is 66.7 cm³/mol. The number of benzene rings is 1. The Hall–Kier alpha value is -0.860. The van der Waals surface area contributed by atoms with Gasteiger partial charge in [-0.1, -0.05) is 24.3 Å². The number of hydrogen-bond acceptors (Lipinski definition) is 2. The second-order valence-electron chi connectivity index (χ2n) is 4.82. The molecule has 0 amide bonds. The molecule has 1 saturated heterocycles. The smallest absolute Gasteiger partial charge is 0.0552 e. The third kappa shape index (κ3) is 3.06. The summed E-state index contributed by atoms with van der Waals surface area (Å²) >= 11 is 0. The summed E-state index contributed by atoms with van der Waals surface area (Å²) in [4.78, 5) is 0. The van der Waals surface area contributed by atoms with Crippen LogP contribution in [0.4, 0.5) is 0 Å². The first-order valence-corrected chi connectivity index (χ1v) is 6.23. The van der Waals surface area contributed by atoms with Crippen molar-refractivity contribution in [3.8, 4) is 0 Å². The molecule has 1 aliphatic rings. The number of aliphatic hydroxyl groups is 1. The van der Waals surface area contributed by atoms with Crippen LogP contribution < -0.4 is 5.32 Å². The van der Waals surface area contributed by atoms with Crippen molar-refractivity contribution in [2.75, 3.05) is 13.1 Å². The summed E-state index contributed by atoms with van der Waals surface area (Å²) in [5.41, 5.74) is 2.68. The Morgan fingerprint density at radius 3 is 2.44 bits per heavy atom. The molecule has 1 fully saturated rings. The van der Waals surface area contributed by atoms with E-state index in [1.54, 1.807) is 0 Å². The van der Waals surface area contributed by atoms with E-state index in [-0.39, 0.29) is 6.10 Å². The molecule has 16 heavy (non-hydrogen) atoms. The Morgan fingerprint density at radius 1 is 1.25 bits per heavy atom. The van der Waals surface area contributed by atoms with Gasteiger partial charge in [0.1, 0.15) is 0 Å². The average molecular weight is 219 g/mol. The van der Waals surface area contributed by atoms with Crippen molar-refractivity contribution >= 4 is 0 Å². The summed E-state index contributed by atoms with van der Waals surface area (Å²) in [6, 6.07) is 8.77. The molecule has 1 heterocycles. The summed E-state index contributed by atoms with van der Waals surface area (Å²) in [5, 5.41) is 12.7. The van der Waals surface area contributed by atoms with Crippen LogP contribution in [-0.4, -0.2) is 24.3 Å². The van der Waals surface area contributed by atoms with Crippen LogP contribution in [0, 0.1) is 0 Å². The highest BCUT2D eigenvalue weighted by Crippen LogP contribution is 2.25. The van der Waals surface area contributed by atoms with E-state index in [0.29, 0.717) is 0 Å². The van der Waals surface area contributed by atoms with Crippen molar-refractivity contribution in [2.45, 2.75) is 38.2 Å². The third-order valence-electron chi connectivity index (χ3n) is 3.32. The minimum Gasteiger partial charge on any atom is -0.393 e. The van der Waals surface area contributed by atoms with E-state index >= 15 is 0 Å². The molecule has 1 atom stereocenters. The maximum Gasteiger partial charge on any atom is 0.0552 e. The molecule has 2 rings (SSSR count). The Labute approximate surface area is 97.7 Å². The van der Waals surface area contributed by atoms with Crippen molar-refractivity contribution in [1.82, 2.24) is 5.32 Å². The number of piperidine rings is 1. The van der Waals surface area contributed by atoms with Crippen molar-refractivity contribution in [1.29, 1.82) is 0 Å². The topological polar surface area (TPSA) is 32.3 Å². The van der Waals surface area contributed by atoms with Crippen LogP contribution in [0.1, 0.15) is 36.8 Å². The van der Waals surface area contributed by atoms with E-state index in [1.165, 1.54) is 24.0 Å². The molecule has 1 aliphatic heterocycles. The van der Waals surface area contributed by atoms with E-state index < -0.39 is 0 Å². The number of rotatable bonds is 3. The highest BCUT2D eigenvalue weighted by molar-refractivity contribution is 5.26. The SMILES string of the molecule is CC(O)Cc1ccc(C2CCNCC2)cc1. The molecule has 1 aromatic rings. The van der Waals surface area contributed by atoms with Crippen LogP contribution in [0.15, 0.2) is 24.3 Å². The second kappa shape index (κ2) is 5.46. The van der Waals surface area contributed by atoms with Gasteiger partial charge in [0.15, 0.2) is 0 Å². The monoisotopic (exact) mass is 219 g/mol. The van der Waals surface area contributed by atoms with Gasteiger partial charge < -0.3 is 10.4 Å². The Balaban J connectivity index is 2.00. The molecule has 0 aliphatic carbocycles. The lowest BCUT2D eigenvalue weighted by Gasteiger charge is -2.23. The maximum absolute atomic E-state index is 9.32. The Bertz CT molecular complexity index is 312. The quantitative estimate of drug-likeness (QED) is 0.815. The molecule has 1 aromatic carbocycles. The van der Waals surface area contributed by atoms with Crippen LogP contribution >= 0.6 is 0 Å². The number of nitrogens with one attached hydrogen (secondary N) is 1. The Morgan fingerprint density at radius 2 is 1.88 bits per heavy atom. The van der Waals surface area contributed by atoms with Gasteiger partial charge in [0.25, 0.3) is 0 Å². The zero-order valence-electron chi connectivity index (χ0n) is 9.95.